The van der Waals surface area contributed by atoms with E-state index >= 15 is 0 Å². The fourth-order valence-corrected chi connectivity index (χ4v) is 2.02. The molecule has 0 aromatic carbocycles. The second-order valence-electron chi connectivity index (χ2n) is 4.16. The van der Waals surface area contributed by atoms with Crippen LogP contribution in [0, 0.1) is 0 Å². The molecule has 1 aliphatic rings. The van der Waals surface area contributed by atoms with Gasteiger partial charge in [0, 0.05) is 38.8 Å². The molecule has 16 heavy (non-hydrogen) atoms. The molecule has 0 saturated carbocycles. The summed E-state index contributed by atoms with van der Waals surface area (Å²) in [6.45, 7) is 11.4. The third-order valence-electron chi connectivity index (χ3n) is 2.93. The summed E-state index contributed by atoms with van der Waals surface area (Å²) in [7, 11) is 0. The van der Waals surface area contributed by atoms with Crippen molar-refractivity contribution in [3.63, 3.8) is 0 Å². The van der Waals surface area contributed by atoms with Crippen LogP contribution in [-0.2, 0) is 4.79 Å². The molecular formula is C11H24ClN3O. The number of hydrogen-bond acceptors (Lipinski definition) is 3. The number of hydrogen-bond donors (Lipinski definition) is 1. The first kappa shape index (κ1) is 15.7. The van der Waals surface area contributed by atoms with Crippen molar-refractivity contribution in [1.82, 2.24) is 15.1 Å². The number of halogens is 1. The third-order valence-corrected chi connectivity index (χ3v) is 2.93. The van der Waals surface area contributed by atoms with Crippen LogP contribution in [0.1, 0.15) is 20.8 Å². The first-order valence-electron chi connectivity index (χ1n) is 5.90. The van der Waals surface area contributed by atoms with E-state index in [0.29, 0.717) is 12.6 Å². The predicted molar refractivity (Wildman–Crippen MR) is 69.1 cm³/mol. The van der Waals surface area contributed by atoms with E-state index in [0.717, 1.165) is 32.7 Å². The van der Waals surface area contributed by atoms with Gasteiger partial charge in [0.1, 0.15) is 0 Å². The van der Waals surface area contributed by atoms with E-state index in [4.69, 9.17) is 0 Å². The lowest BCUT2D eigenvalue weighted by atomic mass is 10.2. The number of nitrogens with one attached hydrogen (secondary N) is 1. The van der Waals surface area contributed by atoms with E-state index in [1.165, 1.54) is 0 Å². The number of rotatable bonds is 4. The van der Waals surface area contributed by atoms with Crippen LogP contribution >= 0.6 is 12.4 Å². The maximum atomic E-state index is 11.8. The Bertz CT molecular complexity index is 209. The van der Waals surface area contributed by atoms with E-state index in [-0.39, 0.29) is 18.3 Å². The number of carbonyl (C=O) groups is 1. The molecule has 0 spiro atoms. The third kappa shape index (κ3) is 4.68. The molecule has 1 atom stereocenters. The number of piperazine rings is 1. The van der Waals surface area contributed by atoms with E-state index in [1.807, 2.05) is 18.7 Å². The minimum Gasteiger partial charge on any atom is -0.342 e. The van der Waals surface area contributed by atoms with E-state index in [1.54, 1.807) is 0 Å². The summed E-state index contributed by atoms with van der Waals surface area (Å²) in [5.74, 6) is 0.258. The number of nitrogens with zero attached hydrogens (tertiary/aromatic N) is 2. The van der Waals surface area contributed by atoms with Gasteiger partial charge in [-0.15, -0.1) is 12.4 Å². The maximum Gasteiger partial charge on any atom is 0.236 e. The highest BCUT2D eigenvalue weighted by molar-refractivity contribution is 5.85. The molecule has 0 aromatic heterocycles. The van der Waals surface area contributed by atoms with Crippen LogP contribution in [0.5, 0.6) is 0 Å². The lowest BCUT2D eigenvalue weighted by Crippen LogP contribution is -2.52. The average Bonchev–Trinajstić information content (AvgIpc) is 2.19. The van der Waals surface area contributed by atoms with Crippen LogP contribution in [0.15, 0.2) is 0 Å². The molecule has 0 bridgehead atoms. The minimum absolute atomic E-state index is 0. The first-order valence-corrected chi connectivity index (χ1v) is 5.90. The lowest BCUT2D eigenvalue weighted by Gasteiger charge is -2.32. The van der Waals surface area contributed by atoms with E-state index < -0.39 is 0 Å². The van der Waals surface area contributed by atoms with Gasteiger partial charge in [-0.25, -0.2) is 0 Å². The zero-order valence-electron chi connectivity index (χ0n) is 10.5. The van der Waals surface area contributed by atoms with Gasteiger partial charge >= 0.3 is 0 Å². The van der Waals surface area contributed by atoms with Crippen LogP contribution in [0.25, 0.3) is 0 Å². The highest BCUT2D eigenvalue weighted by Gasteiger charge is 2.19. The molecule has 96 valence electrons. The summed E-state index contributed by atoms with van der Waals surface area (Å²) >= 11 is 0. The summed E-state index contributed by atoms with van der Waals surface area (Å²) in [6.07, 6.45) is 0. The Morgan fingerprint density at radius 2 is 2.06 bits per heavy atom. The van der Waals surface area contributed by atoms with Crippen molar-refractivity contribution in [3.8, 4) is 0 Å². The molecular weight excluding hydrogens is 226 g/mol. The summed E-state index contributed by atoms with van der Waals surface area (Å²) in [5.41, 5.74) is 0. The Morgan fingerprint density at radius 1 is 1.44 bits per heavy atom. The second-order valence-corrected chi connectivity index (χ2v) is 4.16. The van der Waals surface area contributed by atoms with Gasteiger partial charge < -0.3 is 10.2 Å². The molecule has 1 heterocycles. The van der Waals surface area contributed by atoms with Gasteiger partial charge in [0.05, 0.1) is 6.54 Å². The summed E-state index contributed by atoms with van der Waals surface area (Å²) < 4.78 is 0. The van der Waals surface area contributed by atoms with Crippen molar-refractivity contribution in [2.75, 3.05) is 39.3 Å². The number of carbonyl (C=O) groups excluding carboxylic acids is 1. The maximum absolute atomic E-state index is 11.8. The fourth-order valence-electron chi connectivity index (χ4n) is 2.02. The predicted octanol–water partition coefficient (Wildman–Crippen LogP) is 0.570. The molecule has 5 heteroatoms. The Hall–Kier alpha value is -0.320. The molecule has 1 saturated heterocycles. The zero-order chi connectivity index (χ0) is 11.3. The van der Waals surface area contributed by atoms with Crippen LogP contribution in [0.4, 0.5) is 0 Å². The van der Waals surface area contributed by atoms with Gasteiger partial charge in [0.15, 0.2) is 0 Å². The summed E-state index contributed by atoms with van der Waals surface area (Å²) in [5, 5.41) is 3.38. The lowest BCUT2D eigenvalue weighted by molar-refractivity contribution is -0.132. The highest BCUT2D eigenvalue weighted by Crippen LogP contribution is 2.00. The van der Waals surface area contributed by atoms with E-state index in [2.05, 4.69) is 17.1 Å². The van der Waals surface area contributed by atoms with Gasteiger partial charge in [-0.3, -0.25) is 9.69 Å². The molecule has 1 amide bonds. The highest BCUT2D eigenvalue weighted by atomic mass is 35.5. The van der Waals surface area contributed by atoms with E-state index in [9.17, 15) is 4.79 Å². The van der Waals surface area contributed by atoms with Crippen LogP contribution < -0.4 is 5.32 Å². The Balaban J connectivity index is 0.00000225. The fraction of sp³-hybridized carbons (Fsp3) is 0.909. The average molecular weight is 250 g/mol. The van der Waals surface area contributed by atoms with Crippen molar-refractivity contribution >= 4 is 18.3 Å². The van der Waals surface area contributed by atoms with Gasteiger partial charge in [0.2, 0.25) is 5.91 Å². The molecule has 4 nitrogen and oxygen atoms in total. The summed E-state index contributed by atoms with van der Waals surface area (Å²) in [6, 6.07) is 0.503. The molecule has 0 aromatic rings. The molecule has 0 aliphatic carbocycles. The Morgan fingerprint density at radius 3 is 2.56 bits per heavy atom. The molecule has 0 radical (unpaired) electrons. The second kappa shape index (κ2) is 7.87. The largest absolute Gasteiger partial charge is 0.342 e. The molecule has 1 N–H and O–H groups in total. The minimum atomic E-state index is 0. The van der Waals surface area contributed by atoms with Gasteiger partial charge in [0.25, 0.3) is 0 Å². The van der Waals surface area contributed by atoms with Crippen molar-refractivity contribution in [2.45, 2.75) is 26.8 Å². The Labute approximate surface area is 105 Å². The van der Waals surface area contributed by atoms with Crippen LogP contribution in [0.3, 0.4) is 0 Å². The smallest absolute Gasteiger partial charge is 0.236 e. The SMILES string of the molecule is CCN(CC)C(=O)CN1CCNC(C)C1.Cl. The van der Waals surface area contributed by atoms with Crippen molar-refractivity contribution < 1.29 is 4.79 Å². The summed E-state index contributed by atoms with van der Waals surface area (Å²) in [4.78, 5) is 16.0. The van der Waals surface area contributed by atoms with Crippen molar-refractivity contribution in [3.05, 3.63) is 0 Å². The zero-order valence-corrected chi connectivity index (χ0v) is 11.3. The monoisotopic (exact) mass is 249 g/mol. The quantitative estimate of drug-likeness (QED) is 0.792. The van der Waals surface area contributed by atoms with Crippen LogP contribution in [-0.4, -0.2) is 61.0 Å². The first-order chi connectivity index (χ1) is 7.17. The molecule has 1 rings (SSSR count). The Kier molecular flexibility index (Phi) is 7.72. The van der Waals surface area contributed by atoms with Crippen molar-refractivity contribution in [1.29, 1.82) is 0 Å². The number of likely N-dealkylation sites (N-methyl/N-ethyl adjacent to an activating group) is 1. The van der Waals surface area contributed by atoms with Crippen LogP contribution in [0.2, 0.25) is 0 Å². The molecule has 1 aliphatic heterocycles. The standard InChI is InChI=1S/C11H23N3O.ClH/c1-4-14(5-2)11(15)9-13-7-6-12-10(3)8-13;/h10,12H,4-9H2,1-3H3;1H. The number of amides is 1. The van der Waals surface area contributed by atoms with Gasteiger partial charge in [-0.05, 0) is 20.8 Å². The van der Waals surface area contributed by atoms with Gasteiger partial charge in [-0.1, -0.05) is 0 Å². The van der Waals surface area contributed by atoms with Gasteiger partial charge in [-0.2, -0.15) is 0 Å². The topological polar surface area (TPSA) is 35.6 Å². The van der Waals surface area contributed by atoms with Crippen molar-refractivity contribution in [2.24, 2.45) is 0 Å². The molecule has 1 fully saturated rings. The molecule has 1 unspecified atom stereocenters. The normalized spacial score (nSPS) is 21.3.